The van der Waals surface area contributed by atoms with E-state index in [9.17, 15) is 26.4 Å². The van der Waals surface area contributed by atoms with E-state index in [0.29, 0.717) is 12.8 Å². The number of nitrogens with one attached hydrogen (secondary N) is 1. The summed E-state index contributed by atoms with van der Waals surface area (Å²) < 4.78 is 71.7. The molecular weight excluding hydrogens is 477 g/mol. The summed E-state index contributed by atoms with van der Waals surface area (Å²) in [5.41, 5.74) is -2.18. The summed E-state index contributed by atoms with van der Waals surface area (Å²) in [6.07, 6.45) is -4.89. The summed E-state index contributed by atoms with van der Waals surface area (Å²) in [5.74, 6) is -1.38. The lowest BCUT2D eigenvalue weighted by molar-refractivity contribution is -0.140. The van der Waals surface area contributed by atoms with Gasteiger partial charge in [0.2, 0.25) is 5.91 Å². The van der Waals surface area contributed by atoms with Crippen LogP contribution in [0.15, 0.2) is 27.6 Å². The average Bonchev–Trinajstić information content (AvgIpc) is 3.27. The molecule has 29 heavy (non-hydrogen) atoms. The minimum atomic E-state index is -4.85. The Morgan fingerprint density at radius 3 is 2.52 bits per heavy atom. The zero-order valence-corrected chi connectivity index (χ0v) is 17.7. The molecule has 0 saturated heterocycles. The van der Waals surface area contributed by atoms with Crippen LogP contribution in [0.3, 0.4) is 0 Å². The van der Waals surface area contributed by atoms with Crippen molar-refractivity contribution in [3.05, 3.63) is 28.2 Å². The number of carbonyl (C=O) groups excluding carboxylic acids is 1. The topological polar surface area (TPSA) is 96.3 Å². The zero-order chi connectivity index (χ0) is 21.6. The van der Waals surface area contributed by atoms with Crippen LogP contribution in [0.5, 0.6) is 0 Å². The fraction of sp³-hybridized carbons (Fsp3) is 0.556. The minimum absolute atomic E-state index is 0.105. The number of sulfone groups is 1. The van der Waals surface area contributed by atoms with E-state index in [1.165, 1.54) is 13.2 Å². The molecule has 0 aliphatic heterocycles. The second kappa shape index (κ2) is 7.56. The van der Waals surface area contributed by atoms with Gasteiger partial charge in [0.1, 0.15) is 5.54 Å². The predicted molar refractivity (Wildman–Crippen MR) is 99.4 cm³/mol. The number of methoxy groups -OCH3 is 1. The molecule has 2 aliphatic rings. The molecule has 11 heteroatoms. The third kappa shape index (κ3) is 4.29. The molecule has 2 aliphatic carbocycles. The maximum atomic E-state index is 13.4. The van der Waals surface area contributed by atoms with Crippen molar-refractivity contribution in [2.45, 2.75) is 53.6 Å². The molecule has 2 fully saturated rings. The number of hydrogen-bond acceptors (Lipinski definition) is 5. The molecular formula is C18H18BrF3N2O4S. The highest BCUT2D eigenvalue weighted by Crippen LogP contribution is 2.42. The highest BCUT2D eigenvalue weighted by atomic mass is 79.9. The molecule has 3 atom stereocenters. The first-order valence-corrected chi connectivity index (χ1v) is 11.1. The van der Waals surface area contributed by atoms with Crippen molar-refractivity contribution in [3.8, 4) is 6.07 Å². The van der Waals surface area contributed by atoms with Gasteiger partial charge >= 0.3 is 6.18 Å². The van der Waals surface area contributed by atoms with Crippen LogP contribution in [0.2, 0.25) is 0 Å². The third-order valence-corrected chi connectivity index (χ3v) is 8.14. The van der Waals surface area contributed by atoms with Gasteiger partial charge in [0.05, 0.1) is 33.8 Å². The van der Waals surface area contributed by atoms with Crippen LogP contribution < -0.4 is 5.32 Å². The molecule has 0 radical (unpaired) electrons. The van der Waals surface area contributed by atoms with Crippen molar-refractivity contribution in [1.82, 2.24) is 5.32 Å². The standard InChI is InChI=1S/C18H18BrF3N2O4S/c1-28-14-8-11(7-12(14)16(25)24-17(9-23)4-5-17)29(26,27)15-3-2-10(19)6-13(15)18(20,21)22/h2-3,6,11-12,14H,4-5,7-8H2,1H3,(H,24,25). The van der Waals surface area contributed by atoms with Crippen LogP contribution >= 0.6 is 15.9 Å². The second-order valence-corrected chi connectivity index (χ2v) is 10.5. The molecule has 1 aromatic rings. The summed E-state index contributed by atoms with van der Waals surface area (Å²) in [6, 6.07) is 4.90. The summed E-state index contributed by atoms with van der Waals surface area (Å²) in [5, 5.41) is 10.5. The maximum absolute atomic E-state index is 13.4. The van der Waals surface area contributed by atoms with Crippen LogP contribution in [0, 0.1) is 17.2 Å². The van der Waals surface area contributed by atoms with Gasteiger partial charge in [-0.3, -0.25) is 4.79 Å². The first-order chi connectivity index (χ1) is 13.4. The lowest BCUT2D eigenvalue weighted by Crippen LogP contribution is -2.42. The Morgan fingerprint density at radius 2 is 2.00 bits per heavy atom. The van der Waals surface area contributed by atoms with Crippen LogP contribution in [0.4, 0.5) is 13.2 Å². The number of carbonyl (C=O) groups is 1. The first kappa shape index (κ1) is 22.1. The summed E-state index contributed by atoms with van der Waals surface area (Å²) >= 11 is 2.93. The number of ether oxygens (including phenoxy) is 1. The van der Waals surface area contributed by atoms with E-state index < -0.39 is 55.2 Å². The minimum Gasteiger partial charge on any atom is -0.381 e. The van der Waals surface area contributed by atoms with Gasteiger partial charge in [0, 0.05) is 11.6 Å². The molecule has 0 spiro atoms. The quantitative estimate of drug-likeness (QED) is 0.677. The molecule has 3 unspecified atom stereocenters. The van der Waals surface area contributed by atoms with E-state index in [0.717, 1.165) is 12.1 Å². The van der Waals surface area contributed by atoms with E-state index >= 15 is 0 Å². The molecule has 0 heterocycles. The van der Waals surface area contributed by atoms with Crippen molar-refractivity contribution in [1.29, 1.82) is 5.26 Å². The summed E-state index contributed by atoms with van der Waals surface area (Å²) in [6.45, 7) is 0. The van der Waals surface area contributed by atoms with Gasteiger partial charge in [-0.25, -0.2) is 8.42 Å². The van der Waals surface area contributed by atoms with Crippen LogP contribution in [-0.4, -0.2) is 38.3 Å². The molecule has 3 rings (SSSR count). The fourth-order valence-electron chi connectivity index (χ4n) is 3.61. The normalized spacial score (nSPS) is 26.0. The Hall–Kier alpha value is -1.64. The van der Waals surface area contributed by atoms with Crippen molar-refractivity contribution < 1.29 is 31.1 Å². The Bertz CT molecular complexity index is 970. The molecule has 0 aromatic heterocycles. The highest BCUT2D eigenvalue weighted by molar-refractivity contribution is 9.10. The number of nitriles is 1. The average molecular weight is 495 g/mol. The van der Waals surface area contributed by atoms with E-state index in [4.69, 9.17) is 10.00 Å². The van der Waals surface area contributed by atoms with E-state index in [2.05, 4.69) is 21.2 Å². The fourth-order valence-corrected chi connectivity index (χ4v) is 5.98. The SMILES string of the molecule is COC1CC(S(=O)(=O)c2ccc(Br)cc2C(F)(F)F)CC1C(=O)NC1(C#N)CC1. The van der Waals surface area contributed by atoms with Gasteiger partial charge in [0.25, 0.3) is 0 Å². The van der Waals surface area contributed by atoms with Crippen LogP contribution in [0.25, 0.3) is 0 Å². The molecule has 2 saturated carbocycles. The smallest absolute Gasteiger partial charge is 0.381 e. The Kier molecular flexibility index (Phi) is 5.75. The number of hydrogen-bond donors (Lipinski definition) is 1. The Labute approximate surface area is 174 Å². The maximum Gasteiger partial charge on any atom is 0.417 e. The van der Waals surface area contributed by atoms with Crippen molar-refractivity contribution in [2.24, 2.45) is 5.92 Å². The number of nitrogens with zero attached hydrogens (tertiary/aromatic N) is 1. The largest absolute Gasteiger partial charge is 0.417 e. The van der Waals surface area contributed by atoms with E-state index in [1.54, 1.807) is 0 Å². The van der Waals surface area contributed by atoms with E-state index in [1.807, 2.05) is 6.07 Å². The van der Waals surface area contributed by atoms with Gasteiger partial charge in [-0.15, -0.1) is 0 Å². The van der Waals surface area contributed by atoms with Gasteiger partial charge in [-0.1, -0.05) is 15.9 Å². The van der Waals surface area contributed by atoms with Crippen molar-refractivity contribution >= 4 is 31.7 Å². The van der Waals surface area contributed by atoms with Crippen LogP contribution in [-0.2, 0) is 25.5 Å². The highest BCUT2D eigenvalue weighted by Gasteiger charge is 2.51. The predicted octanol–water partition coefficient (Wildman–Crippen LogP) is 3.21. The van der Waals surface area contributed by atoms with Crippen molar-refractivity contribution in [3.63, 3.8) is 0 Å². The first-order valence-electron chi connectivity index (χ1n) is 8.80. The number of benzene rings is 1. The Balaban J connectivity index is 1.89. The number of halogens is 4. The monoisotopic (exact) mass is 494 g/mol. The number of amides is 1. The molecule has 1 amide bonds. The molecule has 1 N–H and O–H groups in total. The van der Waals surface area contributed by atoms with E-state index in [-0.39, 0.29) is 17.3 Å². The second-order valence-electron chi connectivity index (χ2n) is 7.34. The van der Waals surface area contributed by atoms with Gasteiger partial charge in [0.15, 0.2) is 9.84 Å². The van der Waals surface area contributed by atoms with Gasteiger partial charge in [-0.05, 0) is 43.9 Å². The Morgan fingerprint density at radius 1 is 1.34 bits per heavy atom. The summed E-state index contributed by atoms with van der Waals surface area (Å²) in [7, 11) is -3.06. The third-order valence-electron chi connectivity index (χ3n) is 5.42. The van der Waals surface area contributed by atoms with Gasteiger partial charge in [-0.2, -0.15) is 18.4 Å². The lowest BCUT2D eigenvalue weighted by Gasteiger charge is -2.19. The zero-order valence-electron chi connectivity index (χ0n) is 15.3. The van der Waals surface area contributed by atoms with Crippen molar-refractivity contribution in [2.75, 3.05) is 7.11 Å². The molecule has 0 bridgehead atoms. The van der Waals surface area contributed by atoms with Crippen LogP contribution in [0.1, 0.15) is 31.2 Å². The van der Waals surface area contributed by atoms with Gasteiger partial charge < -0.3 is 10.1 Å². The number of rotatable bonds is 5. The summed E-state index contributed by atoms with van der Waals surface area (Å²) in [4.78, 5) is 11.8. The molecule has 1 aromatic carbocycles. The lowest BCUT2D eigenvalue weighted by atomic mass is 10.0. The number of alkyl halides is 3. The molecule has 6 nitrogen and oxygen atoms in total. The molecule has 158 valence electrons.